The Labute approximate surface area is 123 Å². The summed E-state index contributed by atoms with van der Waals surface area (Å²) in [6.45, 7) is 3.51. The van der Waals surface area contributed by atoms with E-state index in [1.807, 2.05) is 24.3 Å². The summed E-state index contributed by atoms with van der Waals surface area (Å²) in [5, 5.41) is 0. The molecule has 106 valence electrons. The molecule has 0 heterocycles. The molecule has 0 saturated heterocycles. The van der Waals surface area contributed by atoms with E-state index < -0.39 is 0 Å². The lowest BCUT2D eigenvalue weighted by Gasteiger charge is -2.41. The maximum Gasteiger partial charge on any atom is 0.127 e. The molecule has 0 aliphatic heterocycles. The lowest BCUT2D eigenvalue weighted by Crippen LogP contribution is -2.52. The standard InChI is InChI=1S/C15H21BrO3/c1-3-7-18-15-13(16)9-14(15)19-12-6-4-5-11(8-12)10-17-2/h4-6,8,13-15H,3,7,9-10H2,1-2H3. The van der Waals surface area contributed by atoms with Crippen LogP contribution in [0.25, 0.3) is 0 Å². The molecule has 1 aromatic rings. The van der Waals surface area contributed by atoms with Crippen LogP contribution in [0, 0.1) is 0 Å². The number of ether oxygens (including phenoxy) is 3. The second-order valence-corrected chi connectivity index (χ2v) is 6.00. The van der Waals surface area contributed by atoms with E-state index in [1.54, 1.807) is 7.11 Å². The molecule has 1 saturated carbocycles. The average molecular weight is 329 g/mol. The first kappa shape index (κ1) is 14.8. The number of benzene rings is 1. The summed E-state index contributed by atoms with van der Waals surface area (Å²) >= 11 is 3.62. The third-order valence-corrected chi connectivity index (χ3v) is 4.09. The summed E-state index contributed by atoms with van der Waals surface area (Å²) in [5.41, 5.74) is 1.13. The summed E-state index contributed by atoms with van der Waals surface area (Å²) in [7, 11) is 1.70. The Balaban J connectivity index is 1.91. The van der Waals surface area contributed by atoms with Gasteiger partial charge in [-0.1, -0.05) is 35.0 Å². The Morgan fingerprint density at radius 2 is 2.21 bits per heavy atom. The number of alkyl halides is 1. The van der Waals surface area contributed by atoms with Gasteiger partial charge in [-0.15, -0.1) is 0 Å². The minimum atomic E-state index is 0.147. The molecular formula is C15H21BrO3. The van der Waals surface area contributed by atoms with E-state index in [1.165, 1.54) is 0 Å². The van der Waals surface area contributed by atoms with Crippen LogP contribution in [-0.4, -0.2) is 30.8 Å². The number of rotatable bonds is 7. The number of halogens is 1. The zero-order valence-corrected chi connectivity index (χ0v) is 13.1. The van der Waals surface area contributed by atoms with Crippen molar-refractivity contribution in [1.82, 2.24) is 0 Å². The normalized spacial score (nSPS) is 25.9. The molecule has 1 fully saturated rings. The van der Waals surface area contributed by atoms with Crippen molar-refractivity contribution >= 4 is 15.9 Å². The summed E-state index contributed by atoms with van der Waals surface area (Å²) in [5.74, 6) is 0.893. The Morgan fingerprint density at radius 1 is 1.37 bits per heavy atom. The molecule has 19 heavy (non-hydrogen) atoms. The SMILES string of the molecule is CCCOC1C(Br)CC1Oc1cccc(COC)c1. The second kappa shape index (κ2) is 7.27. The summed E-state index contributed by atoms with van der Waals surface area (Å²) in [6, 6.07) is 8.05. The molecule has 0 spiro atoms. The van der Waals surface area contributed by atoms with Gasteiger partial charge in [0.2, 0.25) is 0 Å². The van der Waals surface area contributed by atoms with E-state index >= 15 is 0 Å². The largest absolute Gasteiger partial charge is 0.488 e. The fourth-order valence-electron chi connectivity index (χ4n) is 2.16. The molecule has 1 aliphatic carbocycles. The highest BCUT2D eigenvalue weighted by atomic mass is 79.9. The molecule has 4 heteroatoms. The van der Waals surface area contributed by atoms with E-state index in [-0.39, 0.29) is 12.2 Å². The first-order valence-electron chi connectivity index (χ1n) is 6.74. The third kappa shape index (κ3) is 3.94. The van der Waals surface area contributed by atoms with Gasteiger partial charge < -0.3 is 14.2 Å². The first-order valence-corrected chi connectivity index (χ1v) is 7.66. The molecule has 0 radical (unpaired) electrons. The molecule has 1 aromatic carbocycles. The van der Waals surface area contributed by atoms with Crippen LogP contribution in [0.1, 0.15) is 25.3 Å². The summed E-state index contributed by atoms with van der Waals surface area (Å²) in [6.07, 6.45) is 2.33. The summed E-state index contributed by atoms with van der Waals surface area (Å²) in [4.78, 5) is 0.409. The van der Waals surface area contributed by atoms with Crippen molar-refractivity contribution in [2.24, 2.45) is 0 Å². The number of hydrogen-bond donors (Lipinski definition) is 0. The fraction of sp³-hybridized carbons (Fsp3) is 0.600. The van der Waals surface area contributed by atoms with Crippen molar-refractivity contribution in [2.45, 2.75) is 43.4 Å². The second-order valence-electron chi connectivity index (χ2n) is 4.82. The minimum absolute atomic E-state index is 0.147. The molecular weight excluding hydrogens is 308 g/mol. The van der Waals surface area contributed by atoms with Gasteiger partial charge in [0.15, 0.2) is 0 Å². The van der Waals surface area contributed by atoms with Crippen LogP contribution in [0.3, 0.4) is 0 Å². The van der Waals surface area contributed by atoms with Gasteiger partial charge in [-0.3, -0.25) is 0 Å². The van der Waals surface area contributed by atoms with Crippen LogP contribution in [0.5, 0.6) is 5.75 Å². The van der Waals surface area contributed by atoms with Crippen LogP contribution < -0.4 is 4.74 Å². The highest BCUT2D eigenvalue weighted by Crippen LogP contribution is 2.34. The van der Waals surface area contributed by atoms with Crippen molar-refractivity contribution < 1.29 is 14.2 Å². The van der Waals surface area contributed by atoms with E-state index in [0.717, 1.165) is 30.8 Å². The number of methoxy groups -OCH3 is 1. The summed E-state index contributed by atoms with van der Waals surface area (Å²) < 4.78 is 16.9. The van der Waals surface area contributed by atoms with Gasteiger partial charge >= 0.3 is 0 Å². The van der Waals surface area contributed by atoms with Gasteiger partial charge in [-0.05, 0) is 24.1 Å². The van der Waals surface area contributed by atoms with Gasteiger partial charge in [0.25, 0.3) is 0 Å². The Kier molecular flexibility index (Phi) is 5.67. The Hall–Kier alpha value is -0.580. The predicted octanol–water partition coefficient (Wildman–Crippen LogP) is 3.54. The van der Waals surface area contributed by atoms with Crippen LogP contribution in [0.15, 0.2) is 24.3 Å². The molecule has 2 rings (SSSR count). The van der Waals surface area contributed by atoms with Gasteiger partial charge in [0.05, 0.1) is 6.61 Å². The van der Waals surface area contributed by atoms with Gasteiger partial charge in [-0.2, -0.15) is 0 Å². The van der Waals surface area contributed by atoms with Gasteiger partial charge in [0.1, 0.15) is 18.0 Å². The van der Waals surface area contributed by atoms with Crippen molar-refractivity contribution in [3.63, 3.8) is 0 Å². The lowest BCUT2D eigenvalue weighted by molar-refractivity contribution is -0.0762. The first-order chi connectivity index (χ1) is 9.24. The Morgan fingerprint density at radius 3 is 2.89 bits per heavy atom. The quantitative estimate of drug-likeness (QED) is 0.716. The average Bonchev–Trinajstić information content (AvgIpc) is 2.39. The fourth-order valence-corrected chi connectivity index (χ4v) is 3.02. The zero-order valence-electron chi connectivity index (χ0n) is 11.5. The van der Waals surface area contributed by atoms with Crippen molar-refractivity contribution in [1.29, 1.82) is 0 Å². The number of hydrogen-bond acceptors (Lipinski definition) is 3. The van der Waals surface area contributed by atoms with Crippen LogP contribution >= 0.6 is 15.9 Å². The molecule has 0 amide bonds. The van der Waals surface area contributed by atoms with Gasteiger partial charge in [0, 0.05) is 25.0 Å². The predicted molar refractivity (Wildman–Crippen MR) is 78.9 cm³/mol. The minimum Gasteiger partial charge on any atom is -0.488 e. The topological polar surface area (TPSA) is 27.7 Å². The van der Waals surface area contributed by atoms with E-state index in [0.29, 0.717) is 11.4 Å². The Bertz CT molecular complexity index is 397. The van der Waals surface area contributed by atoms with Crippen molar-refractivity contribution in [3.8, 4) is 5.75 Å². The van der Waals surface area contributed by atoms with E-state index in [9.17, 15) is 0 Å². The maximum absolute atomic E-state index is 6.01. The van der Waals surface area contributed by atoms with E-state index in [2.05, 4.69) is 22.9 Å². The molecule has 3 nitrogen and oxygen atoms in total. The molecule has 0 N–H and O–H groups in total. The van der Waals surface area contributed by atoms with Gasteiger partial charge in [-0.25, -0.2) is 0 Å². The smallest absolute Gasteiger partial charge is 0.127 e. The van der Waals surface area contributed by atoms with Crippen molar-refractivity contribution in [2.75, 3.05) is 13.7 Å². The highest BCUT2D eigenvalue weighted by molar-refractivity contribution is 9.09. The highest BCUT2D eigenvalue weighted by Gasteiger charge is 2.42. The molecule has 0 bridgehead atoms. The van der Waals surface area contributed by atoms with Crippen molar-refractivity contribution in [3.05, 3.63) is 29.8 Å². The molecule has 3 unspecified atom stereocenters. The van der Waals surface area contributed by atoms with Crippen LogP contribution in [0.4, 0.5) is 0 Å². The maximum atomic E-state index is 6.01. The monoisotopic (exact) mass is 328 g/mol. The molecule has 1 aliphatic rings. The third-order valence-electron chi connectivity index (χ3n) is 3.19. The molecule has 3 atom stereocenters. The van der Waals surface area contributed by atoms with Crippen LogP contribution in [0.2, 0.25) is 0 Å². The van der Waals surface area contributed by atoms with Crippen LogP contribution in [-0.2, 0) is 16.1 Å². The van der Waals surface area contributed by atoms with E-state index in [4.69, 9.17) is 14.2 Å². The molecule has 0 aromatic heterocycles. The lowest BCUT2D eigenvalue weighted by atomic mass is 9.91. The zero-order chi connectivity index (χ0) is 13.7.